The summed E-state index contributed by atoms with van der Waals surface area (Å²) in [6.07, 6.45) is 0. The minimum Gasteiger partial charge on any atom is -0.461 e. The SMILES string of the molecule is CC(=O)Nc1c(COC(C)=O)cc(Cl)cc1[N+](=O)[O-].O=[N+]([O-])[O-].[K+]. The number of carbonyl (C=O) groups is 2. The van der Waals surface area contributed by atoms with E-state index in [2.05, 4.69) is 5.32 Å². The summed E-state index contributed by atoms with van der Waals surface area (Å²) in [7, 11) is 0. The molecule has 0 spiro atoms. The van der Waals surface area contributed by atoms with Gasteiger partial charge in [0.1, 0.15) is 12.3 Å². The van der Waals surface area contributed by atoms with Crippen molar-refractivity contribution in [2.45, 2.75) is 20.5 Å². The van der Waals surface area contributed by atoms with Gasteiger partial charge < -0.3 is 25.4 Å². The van der Waals surface area contributed by atoms with Gasteiger partial charge in [0.05, 0.1) is 10.0 Å². The maximum atomic E-state index is 11.1. The summed E-state index contributed by atoms with van der Waals surface area (Å²) in [5, 5.41) is 28.1. The van der Waals surface area contributed by atoms with Gasteiger partial charge in [0.15, 0.2) is 0 Å². The largest absolute Gasteiger partial charge is 1.00 e. The number of hydrogen-bond donors (Lipinski definition) is 1. The Morgan fingerprint density at radius 2 is 1.71 bits per heavy atom. The van der Waals surface area contributed by atoms with Crippen molar-refractivity contribution < 1.29 is 75.7 Å². The Morgan fingerprint density at radius 3 is 2.08 bits per heavy atom. The van der Waals surface area contributed by atoms with Crippen LogP contribution in [0.3, 0.4) is 0 Å². The minimum atomic E-state index is -1.75. The smallest absolute Gasteiger partial charge is 0.461 e. The Morgan fingerprint density at radius 1 is 1.21 bits per heavy atom. The molecule has 0 fully saturated rings. The molecule has 0 heterocycles. The molecule has 11 nitrogen and oxygen atoms in total. The molecule has 1 aromatic carbocycles. The second-order valence-corrected chi connectivity index (χ2v) is 4.34. The van der Waals surface area contributed by atoms with E-state index in [9.17, 15) is 19.7 Å². The second-order valence-electron chi connectivity index (χ2n) is 3.90. The Labute approximate surface area is 183 Å². The van der Waals surface area contributed by atoms with Gasteiger partial charge in [-0.1, -0.05) is 11.6 Å². The molecule has 0 radical (unpaired) electrons. The third-order valence-electron chi connectivity index (χ3n) is 2.09. The van der Waals surface area contributed by atoms with Crippen LogP contribution in [0.2, 0.25) is 5.02 Å². The van der Waals surface area contributed by atoms with Crippen molar-refractivity contribution in [1.29, 1.82) is 0 Å². The molecule has 24 heavy (non-hydrogen) atoms. The van der Waals surface area contributed by atoms with Gasteiger partial charge in [-0.2, -0.15) is 0 Å². The Kier molecular flexibility index (Phi) is 12.6. The van der Waals surface area contributed by atoms with E-state index >= 15 is 0 Å². The van der Waals surface area contributed by atoms with Gasteiger partial charge in [-0.3, -0.25) is 19.7 Å². The third-order valence-corrected chi connectivity index (χ3v) is 2.31. The van der Waals surface area contributed by atoms with Crippen molar-refractivity contribution in [1.82, 2.24) is 0 Å². The molecule has 0 saturated heterocycles. The van der Waals surface area contributed by atoms with Crippen LogP contribution in [0.15, 0.2) is 12.1 Å². The van der Waals surface area contributed by atoms with Crippen LogP contribution in [0.1, 0.15) is 19.4 Å². The van der Waals surface area contributed by atoms with Crippen molar-refractivity contribution in [3.05, 3.63) is 48.2 Å². The van der Waals surface area contributed by atoms with E-state index in [1.165, 1.54) is 19.9 Å². The molecule has 0 aromatic heterocycles. The summed E-state index contributed by atoms with van der Waals surface area (Å²) in [4.78, 5) is 40.4. The molecule has 0 aliphatic carbocycles. The van der Waals surface area contributed by atoms with Crippen molar-refractivity contribution in [3.63, 3.8) is 0 Å². The first-order valence-corrected chi connectivity index (χ1v) is 6.11. The minimum absolute atomic E-state index is 0. The van der Waals surface area contributed by atoms with Crippen LogP contribution < -0.4 is 56.7 Å². The Balaban J connectivity index is 0. The summed E-state index contributed by atoms with van der Waals surface area (Å²) in [6.45, 7) is 2.21. The molecule has 1 aromatic rings. The molecule has 0 aliphatic rings. The van der Waals surface area contributed by atoms with Gasteiger partial charge in [-0.25, -0.2) is 0 Å². The van der Waals surface area contributed by atoms with E-state index in [-0.39, 0.29) is 80.0 Å². The van der Waals surface area contributed by atoms with Gasteiger partial charge in [-0.05, 0) is 6.07 Å². The average Bonchev–Trinajstić information content (AvgIpc) is 2.36. The summed E-state index contributed by atoms with van der Waals surface area (Å²) in [5.41, 5.74) is -0.127. The van der Waals surface area contributed by atoms with Crippen LogP contribution in [-0.2, 0) is 20.9 Å². The van der Waals surface area contributed by atoms with Crippen LogP contribution in [0.5, 0.6) is 0 Å². The fourth-order valence-electron chi connectivity index (χ4n) is 1.41. The number of nitrogens with one attached hydrogen (secondary N) is 1. The van der Waals surface area contributed by atoms with Crippen molar-refractivity contribution >= 4 is 34.9 Å². The van der Waals surface area contributed by atoms with E-state index in [1.807, 2.05) is 0 Å². The van der Waals surface area contributed by atoms with Crippen LogP contribution >= 0.6 is 11.6 Å². The van der Waals surface area contributed by atoms with E-state index in [4.69, 9.17) is 31.7 Å². The first-order valence-electron chi connectivity index (χ1n) is 5.73. The van der Waals surface area contributed by atoms with Crippen LogP contribution in [0.25, 0.3) is 0 Å². The monoisotopic (exact) mass is 387 g/mol. The fraction of sp³-hybridized carbons (Fsp3) is 0.273. The maximum absolute atomic E-state index is 11.1. The van der Waals surface area contributed by atoms with E-state index in [0.29, 0.717) is 0 Å². The molecular weight excluding hydrogens is 377 g/mol. The number of amides is 1. The molecule has 0 atom stereocenters. The van der Waals surface area contributed by atoms with Crippen LogP contribution in [-0.4, -0.2) is 21.9 Å². The molecule has 0 saturated carbocycles. The van der Waals surface area contributed by atoms with Gasteiger partial charge in [0.25, 0.3) is 5.69 Å². The number of esters is 1. The second kappa shape index (κ2) is 12.1. The molecular formula is C11H11ClKN3O8. The molecule has 1 amide bonds. The van der Waals surface area contributed by atoms with E-state index in [1.54, 1.807) is 0 Å². The Hall–Kier alpha value is -1.31. The third kappa shape index (κ3) is 10.5. The Bertz CT molecular complexity index is 636. The molecule has 13 heteroatoms. The number of ether oxygens (including phenoxy) is 1. The number of nitro benzene ring substituents is 1. The molecule has 1 N–H and O–H groups in total. The zero-order chi connectivity index (χ0) is 18.2. The van der Waals surface area contributed by atoms with Crippen molar-refractivity contribution in [2.75, 3.05) is 5.32 Å². The molecule has 0 aliphatic heterocycles. The number of nitrogens with zero attached hydrogens (tertiary/aromatic N) is 2. The first-order chi connectivity index (χ1) is 10.5. The molecule has 1 rings (SSSR count). The van der Waals surface area contributed by atoms with E-state index < -0.39 is 21.9 Å². The van der Waals surface area contributed by atoms with E-state index in [0.717, 1.165) is 6.07 Å². The van der Waals surface area contributed by atoms with Crippen molar-refractivity contribution in [2.24, 2.45) is 0 Å². The van der Waals surface area contributed by atoms with Gasteiger partial charge in [-0.15, -0.1) is 0 Å². The summed E-state index contributed by atoms with van der Waals surface area (Å²) in [6, 6.07) is 2.51. The quantitative estimate of drug-likeness (QED) is 0.298. The molecule has 0 bridgehead atoms. The molecule has 0 unspecified atom stereocenters. The van der Waals surface area contributed by atoms with Gasteiger partial charge >= 0.3 is 57.4 Å². The zero-order valence-electron chi connectivity index (χ0n) is 12.9. The predicted octanol–water partition coefficient (Wildman–Crippen LogP) is -0.965. The fourth-order valence-corrected chi connectivity index (χ4v) is 1.64. The standard InChI is InChI=1S/C11H11ClN2O5.K.NO3/c1-6(15)13-11-8(5-19-7(2)16)3-9(12)4-10(11)14(17)18;;2-1(3)4/h3-4H,5H2,1-2H3,(H,13,15);;/q;+1;-1. The first kappa shape index (κ1) is 24.9. The summed E-state index contributed by atoms with van der Waals surface area (Å²) < 4.78 is 4.77. The number of carbonyl (C=O) groups excluding carboxylic acids is 2. The number of anilines is 1. The summed E-state index contributed by atoms with van der Waals surface area (Å²) >= 11 is 5.76. The number of rotatable bonds is 4. The van der Waals surface area contributed by atoms with Gasteiger partial charge in [0.2, 0.25) is 5.91 Å². The maximum Gasteiger partial charge on any atom is 1.00 e. The predicted molar refractivity (Wildman–Crippen MR) is 78.2 cm³/mol. The topological polar surface area (TPSA) is 165 Å². The summed E-state index contributed by atoms with van der Waals surface area (Å²) in [5.74, 6) is -1.02. The number of benzene rings is 1. The molecule has 126 valence electrons. The number of halogens is 1. The normalized spacial score (nSPS) is 8.79. The number of nitro groups is 1. The van der Waals surface area contributed by atoms with Crippen LogP contribution in [0, 0.1) is 25.4 Å². The van der Waals surface area contributed by atoms with Crippen LogP contribution in [0.4, 0.5) is 11.4 Å². The number of hydrogen-bond acceptors (Lipinski definition) is 8. The van der Waals surface area contributed by atoms with Gasteiger partial charge in [0, 0.05) is 30.5 Å². The zero-order valence-corrected chi connectivity index (χ0v) is 16.8. The average molecular weight is 388 g/mol. The van der Waals surface area contributed by atoms with Crippen molar-refractivity contribution in [3.8, 4) is 0 Å².